The second-order valence-corrected chi connectivity index (χ2v) is 9.76. The van der Waals surface area contributed by atoms with Gasteiger partial charge in [-0.2, -0.15) is 0 Å². The monoisotopic (exact) mass is 464 g/mol. The molecule has 0 saturated carbocycles. The smallest absolute Gasteiger partial charge is 0.265 e. The molecule has 1 aliphatic rings. The van der Waals surface area contributed by atoms with Crippen LogP contribution in [0.1, 0.15) is 35.1 Å². The first-order valence-electron chi connectivity index (χ1n) is 9.50. The lowest BCUT2D eigenvalue weighted by molar-refractivity contribution is -0.117. The number of primary amides is 1. The van der Waals surface area contributed by atoms with E-state index in [-0.39, 0.29) is 28.6 Å². The molecule has 0 fully saturated rings. The highest BCUT2D eigenvalue weighted by Crippen LogP contribution is 2.46. The largest absolute Gasteiger partial charge is 0.384 e. The van der Waals surface area contributed by atoms with Gasteiger partial charge < -0.3 is 11.5 Å². The Morgan fingerprint density at radius 2 is 1.90 bits per heavy atom. The Kier molecular flexibility index (Phi) is 6.17. The number of hydrazine groups is 1. The van der Waals surface area contributed by atoms with Gasteiger partial charge in [-0.3, -0.25) is 9.10 Å². The van der Waals surface area contributed by atoms with E-state index in [2.05, 4.69) is 10.6 Å². The number of carbonyl (C=O) groups excluding carboxylic acids is 1. The number of nitrogens with two attached hydrogens (primary N) is 3. The number of amidine groups is 1. The molecule has 3 rings (SSSR count). The van der Waals surface area contributed by atoms with E-state index in [0.717, 1.165) is 16.7 Å². The first-order valence-corrected chi connectivity index (χ1v) is 11.3. The zero-order chi connectivity index (χ0) is 23.1. The summed E-state index contributed by atoms with van der Waals surface area (Å²) >= 11 is 6.05. The van der Waals surface area contributed by atoms with E-state index in [1.807, 2.05) is 26.8 Å². The summed E-state index contributed by atoms with van der Waals surface area (Å²) in [6, 6.07) is 7.02. The van der Waals surface area contributed by atoms with E-state index < -0.39 is 22.0 Å². The Hall–Kier alpha value is -2.82. The number of fused-ring (bicyclic) bond motifs is 1. The number of anilines is 1. The standard InChI is InChI=1S/C20H25ClN6O3S/c1-10-4-6-15-18(11(10)2)12(3)19(20(23)25-26-24)27(15)31(29,30)16-7-5-14(21)8-13(16)9-17(22)28/h4-8,12,19,26H,9,24H2,1-3H3,(H2,22,28)(H2,23,25). The van der Waals surface area contributed by atoms with Crippen molar-refractivity contribution in [2.24, 2.45) is 22.4 Å². The maximum Gasteiger partial charge on any atom is 0.265 e. The molecule has 0 aromatic heterocycles. The Balaban J connectivity index is 2.30. The number of benzene rings is 2. The number of hydrazone groups is 1. The van der Waals surface area contributed by atoms with E-state index in [1.54, 1.807) is 6.07 Å². The van der Waals surface area contributed by atoms with Crippen molar-refractivity contribution in [2.45, 2.75) is 44.0 Å². The topological polar surface area (TPSA) is 157 Å². The highest BCUT2D eigenvalue weighted by Gasteiger charge is 2.46. The van der Waals surface area contributed by atoms with Gasteiger partial charge in [0.2, 0.25) is 5.91 Å². The van der Waals surface area contributed by atoms with Crippen LogP contribution in [0.2, 0.25) is 5.02 Å². The van der Waals surface area contributed by atoms with Crippen molar-refractivity contribution in [1.29, 1.82) is 0 Å². The van der Waals surface area contributed by atoms with Crippen LogP contribution in [0.15, 0.2) is 40.3 Å². The van der Waals surface area contributed by atoms with Crippen LogP contribution in [-0.4, -0.2) is 26.2 Å². The molecule has 0 radical (unpaired) electrons. The minimum atomic E-state index is -4.18. The Morgan fingerprint density at radius 1 is 1.23 bits per heavy atom. The van der Waals surface area contributed by atoms with Crippen molar-refractivity contribution in [2.75, 3.05) is 4.31 Å². The van der Waals surface area contributed by atoms with Gasteiger partial charge in [-0.05, 0) is 60.4 Å². The highest BCUT2D eigenvalue weighted by molar-refractivity contribution is 7.93. The van der Waals surface area contributed by atoms with E-state index in [9.17, 15) is 13.2 Å². The van der Waals surface area contributed by atoms with Crippen LogP contribution < -0.4 is 27.2 Å². The summed E-state index contributed by atoms with van der Waals surface area (Å²) in [4.78, 5) is 11.5. The van der Waals surface area contributed by atoms with Crippen LogP contribution in [0.4, 0.5) is 5.69 Å². The fourth-order valence-electron chi connectivity index (χ4n) is 4.13. The lowest BCUT2D eigenvalue weighted by Gasteiger charge is -2.29. The van der Waals surface area contributed by atoms with E-state index in [4.69, 9.17) is 28.9 Å². The van der Waals surface area contributed by atoms with Gasteiger partial charge in [-0.25, -0.2) is 19.8 Å². The number of aryl methyl sites for hydroxylation is 1. The van der Waals surface area contributed by atoms with Gasteiger partial charge in [-0.15, -0.1) is 5.10 Å². The predicted molar refractivity (Wildman–Crippen MR) is 121 cm³/mol. The number of carbonyl (C=O) groups is 1. The third kappa shape index (κ3) is 3.93. The lowest BCUT2D eigenvalue weighted by Crippen LogP contribution is -2.48. The van der Waals surface area contributed by atoms with Gasteiger partial charge in [-0.1, -0.05) is 24.6 Å². The van der Waals surface area contributed by atoms with Gasteiger partial charge >= 0.3 is 0 Å². The Labute approximate surface area is 186 Å². The van der Waals surface area contributed by atoms with Crippen molar-refractivity contribution >= 4 is 39.1 Å². The molecule has 2 aromatic carbocycles. The summed E-state index contributed by atoms with van der Waals surface area (Å²) in [7, 11) is -4.18. The Bertz CT molecular complexity index is 1180. The van der Waals surface area contributed by atoms with Crippen LogP contribution in [0, 0.1) is 13.8 Å². The highest BCUT2D eigenvalue weighted by atomic mass is 35.5. The number of nitrogens with zero attached hydrogens (tertiary/aromatic N) is 2. The molecular formula is C20H25ClN6O3S. The number of amides is 1. The maximum absolute atomic E-state index is 13.9. The first kappa shape index (κ1) is 22.9. The van der Waals surface area contributed by atoms with Gasteiger partial charge in [0, 0.05) is 10.9 Å². The van der Waals surface area contributed by atoms with Crippen LogP contribution in [-0.2, 0) is 21.2 Å². The minimum absolute atomic E-state index is 0.0113. The molecule has 2 unspecified atom stereocenters. The zero-order valence-corrected chi connectivity index (χ0v) is 19.0. The molecule has 1 aliphatic heterocycles. The number of sulfonamides is 1. The molecule has 1 amide bonds. The molecule has 9 nitrogen and oxygen atoms in total. The second kappa shape index (κ2) is 8.37. The molecule has 0 bridgehead atoms. The number of hydrogen-bond donors (Lipinski definition) is 4. The van der Waals surface area contributed by atoms with Gasteiger partial charge in [0.15, 0.2) is 0 Å². The summed E-state index contributed by atoms with van der Waals surface area (Å²) in [5.74, 6) is 4.35. The first-order chi connectivity index (χ1) is 14.5. The predicted octanol–water partition coefficient (Wildman–Crippen LogP) is 1.40. The molecule has 2 atom stereocenters. The zero-order valence-electron chi connectivity index (χ0n) is 17.4. The fraction of sp³-hybridized carbons (Fsp3) is 0.300. The minimum Gasteiger partial charge on any atom is -0.384 e. The molecule has 2 aromatic rings. The molecule has 1 heterocycles. The summed E-state index contributed by atoms with van der Waals surface area (Å²) < 4.78 is 29.1. The maximum atomic E-state index is 13.9. The molecule has 166 valence electrons. The van der Waals surface area contributed by atoms with Crippen molar-refractivity contribution in [3.63, 3.8) is 0 Å². The van der Waals surface area contributed by atoms with Crippen LogP contribution in [0.3, 0.4) is 0 Å². The van der Waals surface area contributed by atoms with Gasteiger partial charge in [0.05, 0.1) is 17.0 Å². The summed E-state index contributed by atoms with van der Waals surface area (Å²) in [5, 5.41) is 4.15. The van der Waals surface area contributed by atoms with E-state index >= 15 is 0 Å². The Morgan fingerprint density at radius 3 is 2.52 bits per heavy atom. The fourth-order valence-corrected chi connectivity index (χ4v) is 6.25. The molecule has 0 spiro atoms. The lowest BCUT2D eigenvalue weighted by atomic mass is 9.91. The van der Waals surface area contributed by atoms with E-state index in [1.165, 1.54) is 22.5 Å². The van der Waals surface area contributed by atoms with Crippen LogP contribution in [0.25, 0.3) is 0 Å². The SMILES string of the molecule is Cc1ccc2c(c1C)C(C)C(/C(N)=N/NN)N2S(=O)(=O)c1ccc(Cl)cc1CC(N)=O. The molecule has 7 N–H and O–H groups in total. The molecule has 0 saturated heterocycles. The van der Waals surface area contributed by atoms with Gasteiger partial charge in [0.25, 0.3) is 10.0 Å². The van der Waals surface area contributed by atoms with Crippen molar-refractivity contribution in [3.05, 3.63) is 57.6 Å². The summed E-state index contributed by atoms with van der Waals surface area (Å²) in [5.41, 5.74) is 17.2. The number of hydrogen-bond acceptors (Lipinski definition) is 6. The van der Waals surface area contributed by atoms with Crippen molar-refractivity contribution in [3.8, 4) is 0 Å². The number of halogens is 1. The quantitative estimate of drug-likeness (QED) is 0.219. The normalized spacial score (nSPS) is 18.7. The van der Waals surface area contributed by atoms with Crippen molar-refractivity contribution < 1.29 is 13.2 Å². The third-order valence-corrected chi connectivity index (χ3v) is 7.73. The average molecular weight is 465 g/mol. The molecular weight excluding hydrogens is 440 g/mol. The summed E-state index contributed by atoms with van der Waals surface area (Å²) in [6.07, 6.45) is -0.281. The van der Waals surface area contributed by atoms with E-state index in [0.29, 0.717) is 10.7 Å². The summed E-state index contributed by atoms with van der Waals surface area (Å²) in [6.45, 7) is 5.78. The second-order valence-electron chi connectivity index (χ2n) is 7.54. The van der Waals surface area contributed by atoms with Gasteiger partial charge in [0.1, 0.15) is 11.9 Å². The molecule has 31 heavy (non-hydrogen) atoms. The number of rotatable bonds is 6. The third-order valence-electron chi connectivity index (χ3n) is 5.60. The molecule has 0 aliphatic carbocycles. The van der Waals surface area contributed by atoms with Crippen LogP contribution in [0.5, 0.6) is 0 Å². The van der Waals surface area contributed by atoms with Crippen molar-refractivity contribution in [1.82, 2.24) is 5.53 Å². The average Bonchev–Trinajstić information content (AvgIpc) is 2.98. The number of nitrogens with one attached hydrogen (secondary N) is 1. The molecule has 11 heteroatoms. The van der Waals surface area contributed by atoms with Crippen LogP contribution >= 0.6 is 11.6 Å².